The summed E-state index contributed by atoms with van der Waals surface area (Å²) in [6.07, 6.45) is 0.700. The molecule has 0 bridgehead atoms. The molecule has 1 amide bonds. The summed E-state index contributed by atoms with van der Waals surface area (Å²) < 4.78 is 5.13. The molecule has 0 aromatic carbocycles. The minimum Gasteiger partial charge on any atom is -0.481 e. The number of alkyl carbamates (subject to hydrolysis) is 1. The minimum atomic E-state index is -0.939. The normalized spacial score (nSPS) is 14.9. The van der Waals surface area contributed by atoms with Crippen LogP contribution in [0.25, 0.3) is 0 Å². The topological polar surface area (TPSA) is 75.6 Å². The molecule has 0 aliphatic rings. The third-order valence-electron chi connectivity index (χ3n) is 3.17. The van der Waals surface area contributed by atoms with Crippen molar-refractivity contribution >= 4 is 12.1 Å². The van der Waals surface area contributed by atoms with Crippen LogP contribution in [0.5, 0.6) is 0 Å². The fraction of sp³-hybridized carbons (Fsp3) is 0.857. The van der Waals surface area contributed by atoms with Crippen molar-refractivity contribution in [1.82, 2.24) is 5.32 Å². The Bertz CT molecular complexity index is 320. The predicted molar refractivity (Wildman–Crippen MR) is 74.1 cm³/mol. The van der Waals surface area contributed by atoms with E-state index in [1.807, 2.05) is 20.8 Å². The van der Waals surface area contributed by atoms with Crippen LogP contribution in [-0.4, -0.2) is 29.3 Å². The maximum atomic E-state index is 11.6. The second kappa shape index (κ2) is 6.78. The summed E-state index contributed by atoms with van der Waals surface area (Å²) in [6, 6.07) is 0. The van der Waals surface area contributed by atoms with E-state index in [4.69, 9.17) is 4.74 Å². The number of amides is 1. The van der Waals surface area contributed by atoms with Crippen molar-refractivity contribution in [1.29, 1.82) is 0 Å². The van der Waals surface area contributed by atoms with Gasteiger partial charge in [0, 0.05) is 6.54 Å². The van der Waals surface area contributed by atoms with Gasteiger partial charge in [-0.3, -0.25) is 4.79 Å². The number of hydrogen-bond donors (Lipinski definition) is 2. The van der Waals surface area contributed by atoms with Crippen LogP contribution in [-0.2, 0) is 9.53 Å². The quantitative estimate of drug-likeness (QED) is 0.780. The Kier molecular flexibility index (Phi) is 6.33. The van der Waals surface area contributed by atoms with E-state index >= 15 is 0 Å². The highest BCUT2D eigenvalue weighted by Gasteiger charge is 2.41. The van der Waals surface area contributed by atoms with Crippen molar-refractivity contribution in [3.05, 3.63) is 0 Å². The van der Waals surface area contributed by atoms with Gasteiger partial charge in [-0.2, -0.15) is 0 Å². The van der Waals surface area contributed by atoms with Crippen LogP contribution in [0, 0.1) is 11.3 Å². The molecule has 112 valence electrons. The Balaban J connectivity index is 4.76. The molecule has 1 unspecified atom stereocenters. The van der Waals surface area contributed by atoms with Gasteiger partial charge in [0.2, 0.25) is 0 Å². The first-order valence-electron chi connectivity index (χ1n) is 6.75. The molecule has 0 aromatic rings. The molecule has 2 N–H and O–H groups in total. The first-order chi connectivity index (χ1) is 8.55. The molecule has 0 heterocycles. The van der Waals surface area contributed by atoms with Gasteiger partial charge in [-0.15, -0.1) is 0 Å². The van der Waals surface area contributed by atoms with E-state index in [2.05, 4.69) is 5.32 Å². The molecule has 0 radical (unpaired) electrons. The number of carboxylic acid groups (broad SMARTS) is 1. The van der Waals surface area contributed by atoms with Crippen LogP contribution < -0.4 is 5.32 Å². The maximum absolute atomic E-state index is 11.6. The fourth-order valence-corrected chi connectivity index (χ4v) is 2.00. The van der Waals surface area contributed by atoms with Gasteiger partial charge >= 0.3 is 12.1 Å². The van der Waals surface area contributed by atoms with Gasteiger partial charge in [-0.25, -0.2) is 4.79 Å². The number of carbonyl (C=O) groups excluding carboxylic acids is 1. The summed E-state index contributed by atoms with van der Waals surface area (Å²) in [5.41, 5.74) is -1.52. The molecular weight excluding hydrogens is 246 g/mol. The fourth-order valence-electron chi connectivity index (χ4n) is 2.00. The molecular formula is C14H27NO4. The lowest BCUT2D eigenvalue weighted by Crippen LogP contribution is -2.47. The molecule has 0 aromatic heterocycles. The second-order valence-corrected chi connectivity index (χ2v) is 6.22. The Morgan fingerprint density at radius 2 is 1.79 bits per heavy atom. The first-order valence-corrected chi connectivity index (χ1v) is 6.75. The van der Waals surface area contributed by atoms with Gasteiger partial charge in [0.25, 0.3) is 0 Å². The monoisotopic (exact) mass is 273 g/mol. The van der Waals surface area contributed by atoms with Crippen LogP contribution in [0.1, 0.15) is 54.4 Å². The van der Waals surface area contributed by atoms with Gasteiger partial charge in [-0.05, 0) is 33.1 Å². The number of hydrogen-bond acceptors (Lipinski definition) is 3. The summed E-state index contributed by atoms with van der Waals surface area (Å²) in [4.78, 5) is 23.2. The third-order valence-corrected chi connectivity index (χ3v) is 3.17. The molecule has 5 heteroatoms. The van der Waals surface area contributed by atoms with Gasteiger partial charge in [0.05, 0.1) is 5.41 Å². The van der Waals surface area contributed by atoms with Gasteiger partial charge in [0.1, 0.15) is 5.60 Å². The van der Waals surface area contributed by atoms with Crippen LogP contribution in [0.15, 0.2) is 0 Å². The lowest BCUT2D eigenvalue weighted by molar-refractivity contribution is -0.152. The van der Waals surface area contributed by atoms with Crippen LogP contribution in [0.4, 0.5) is 4.79 Å². The lowest BCUT2D eigenvalue weighted by atomic mass is 9.73. The smallest absolute Gasteiger partial charge is 0.407 e. The van der Waals surface area contributed by atoms with E-state index in [1.54, 1.807) is 20.8 Å². The zero-order valence-electron chi connectivity index (χ0n) is 12.9. The molecule has 0 saturated heterocycles. The average molecular weight is 273 g/mol. The van der Waals surface area contributed by atoms with Gasteiger partial charge in [-0.1, -0.05) is 27.2 Å². The molecule has 0 rings (SSSR count). The zero-order valence-corrected chi connectivity index (χ0v) is 12.9. The van der Waals surface area contributed by atoms with E-state index in [0.29, 0.717) is 6.42 Å². The van der Waals surface area contributed by atoms with E-state index in [1.165, 1.54) is 0 Å². The average Bonchev–Trinajstić information content (AvgIpc) is 2.20. The Morgan fingerprint density at radius 3 is 2.11 bits per heavy atom. The molecule has 1 atom stereocenters. The molecule has 0 fully saturated rings. The summed E-state index contributed by atoms with van der Waals surface area (Å²) >= 11 is 0. The van der Waals surface area contributed by atoms with E-state index in [9.17, 15) is 14.7 Å². The van der Waals surface area contributed by atoms with Crippen LogP contribution in [0.3, 0.4) is 0 Å². The van der Waals surface area contributed by atoms with E-state index in [0.717, 1.165) is 6.42 Å². The van der Waals surface area contributed by atoms with Crippen molar-refractivity contribution in [2.24, 2.45) is 11.3 Å². The zero-order chi connectivity index (χ0) is 15.3. The van der Waals surface area contributed by atoms with Crippen molar-refractivity contribution in [3.63, 3.8) is 0 Å². The SMILES string of the molecule is CCCC(CNC(=O)OC(C)(C)C)(C(=O)O)C(C)C. The second-order valence-electron chi connectivity index (χ2n) is 6.22. The van der Waals surface area contributed by atoms with E-state index in [-0.39, 0.29) is 12.5 Å². The minimum absolute atomic E-state index is 0.0695. The van der Waals surface area contributed by atoms with Crippen molar-refractivity contribution in [3.8, 4) is 0 Å². The predicted octanol–water partition coefficient (Wildman–Crippen LogP) is 3.04. The molecule has 0 aliphatic heterocycles. The van der Waals surface area contributed by atoms with Crippen molar-refractivity contribution in [2.45, 2.75) is 60.0 Å². The Morgan fingerprint density at radius 1 is 1.26 bits per heavy atom. The van der Waals surface area contributed by atoms with Crippen LogP contribution in [0.2, 0.25) is 0 Å². The number of carboxylic acids is 1. The highest BCUT2D eigenvalue weighted by molar-refractivity contribution is 5.76. The highest BCUT2D eigenvalue weighted by Crippen LogP contribution is 2.32. The number of nitrogens with one attached hydrogen (secondary N) is 1. The number of aliphatic carboxylic acids is 1. The summed E-state index contributed by atoms with van der Waals surface area (Å²) in [5.74, 6) is -0.944. The number of rotatable bonds is 6. The van der Waals surface area contributed by atoms with Gasteiger partial charge in [0.15, 0.2) is 0 Å². The largest absolute Gasteiger partial charge is 0.481 e. The number of carbonyl (C=O) groups is 2. The molecule has 19 heavy (non-hydrogen) atoms. The maximum Gasteiger partial charge on any atom is 0.407 e. The molecule has 0 aliphatic carbocycles. The molecule has 0 spiro atoms. The standard InChI is InChI=1S/C14H27NO4/c1-7-8-14(10(2)3,11(16)17)9-15-12(18)19-13(4,5)6/h10H,7-9H2,1-6H3,(H,15,18)(H,16,17). The molecule has 5 nitrogen and oxygen atoms in total. The Hall–Kier alpha value is -1.26. The number of ether oxygens (including phenoxy) is 1. The highest BCUT2D eigenvalue weighted by atomic mass is 16.6. The van der Waals surface area contributed by atoms with Crippen molar-refractivity contribution < 1.29 is 19.4 Å². The summed E-state index contributed by atoms with van der Waals surface area (Å²) in [7, 11) is 0. The molecule has 0 saturated carbocycles. The first kappa shape index (κ1) is 17.7. The van der Waals surface area contributed by atoms with Crippen molar-refractivity contribution in [2.75, 3.05) is 6.54 Å². The van der Waals surface area contributed by atoms with E-state index < -0.39 is 23.1 Å². The third kappa shape index (κ3) is 5.49. The summed E-state index contributed by atoms with van der Waals surface area (Å²) in [5, 5.41) is 12.1. The Labute approximate surface area is 115 Å². The van der Waals surface area contributed by atoms with Gasteiger partial charge < -0.3 is 15.2 Å². The van der Waals surface area contributed by atoms with Crippen LogP contribution >= 0.6 is 0 Å². The lowest BCUT2D eigenvalue weighted by Gasteiger charge is -2.33. The summed E-state index contributed by atoms with van der Waals surface area (Å²) in [6.45, 7) is 11.1.